The summed E-state index contributed by atoms with van der Waals surface area (Å²) in [6, 6.07) is 78.1. The lowest BCUT2D eigenvalue weighted by molar-refractivity contribution is 1.18. The van der Waals surface area contributed by atoms with Crippen molar-refractivity contribution in [2.75, 3.05) is 0 Å². The number of nitriles is 1. The van der Waals surface area contributed by atoms with E-state index in [9.17, 15) is 5.26 Å². The van der Waals surface area contributed by atoms with Gasteiger partial charge >= 0.3 is 0 Å². The second kappa shape index (κ2) is 13.7. The average molecular weight is 738 g/mol. The Morgan fingerprint density at radius 1 is 0.328 bits per heavy atom. The fourth-order valence-electron chi connectivity index (χ4n) is 8.92. The molecule has 0 bridgehead atoms. The lowest BCUT2D eigenvalue weighted by Crippen LogP contribution is -1.97. The number of benzene rings is 9. The molecule has 0 aliphatic carbocycles. The molecule has 270 valence electrons. The summed E-state index contributed by atoms with van der Waals surface area (Å²) in [4.78, 5) is 0. The van der Waals surface area contributed by atoms with E-state index in [-0.39, 0.29) is 0 Å². The predicted molar refractivity (Wildman–Crippen MR) is 242 cm³/mol. The summed E-state index contributed by atoms with van der Waals surface area (Å²) in [6.45, 7) is 0. The molecule has 11 aromatic rings. The van der Waals surface area contributed by atoms with Crippen molar-refractivity contribution in [3.63, 3.8) is 0 Å². The molecule has 0 saturated carbocycles. The first-order valence-electron chi connectivity index (χ1n) is 19.7. The summed E-state index contributed by atoms with van der Waals surface area (Å²) >= 11 is 0. The van der Waals surface area contributed by atoms with Gasteiger partial charge in [0.05, 0.1) is 39.4 Å². The molecule has 2 heterocycles. The third-order valence-electron chi connectivity index (χ3n) is 11.5. The minimum absolute atomic E-state index is 0.649. The first-order valence-corrected chi connectivity index (χ1v) is 19.7. The summed E-state index contributed by atoms with van der Waals surface area (Å²) in [6.07, 6.45) is 0. The molecule has 0 N–H and O–H groups in total. The van der Waals surface area contributed by atoms with Crippen molar-refractivity contribution in [2.45, 2.75) is 0 Å². The maximum Gasteiger partial charge on any atom is 0.0991 e. The maximum atomic E-state index is 9.69. The zero-order chi connectivity index (χ0) is 38.6. The molecule has 0 radical (unpaired) electrons. The van der Waals surface area contributed by atoms with E-state index in [4.69, 9.17) is 0 Å². The summed E-state index contributed by atoms with van der Waals surface area (Å²) in [5.41, 5.74) is 16.7. The van der Waals surface area contributed by atoms with Gasteiger partial charge in [-0.15, -0.1) is 0 Å². The van der Waals surface area contributed by atoms with Crippen LogP contribution >= 0.6 is 0 Å². The van der Waals surface area contributed by atoms with Crippen molar-refractivity contribution in [1.82, 2.24) is 9.13 Å². The van der Waals surface area contributed by atoms with E-state index in [1.165, 1.54) is 60.4 Å². The van der Waals surface area contributed by atoms with Gasteiger partial charge in [-0.05, 0) is 106 Å². The molecule has 0 fully saturated rings. The highest BCUT2D eigenvalue weighted by Gasteiger charge is 2.20. The molecule has 58 heavy (non-hydrogen) atoms. The Bertz CT molecular complexity index is 3400. The van der Waals surface area contributed by atoms with Crippen LogP contribution in [0.2, 0.25) is 0 Å². The second-order valence-electron chi connectivity index (χ2n) is 14.8. The van der Waals surface area contributed by atoms with Gasteiger partial charge in [-0.2, -0.15) is 5.26 Å². The minimum Gasteiger partial charge on any atom is -0.309 e. The highest BCUT2D eigenvalue weighted by atomic mass is 15.0. The third-order valence-corrected chi connectivity index (χ3v) is 11.5. The van der Waals surface area contributed by atoms with Gasteiger partial charge in [0, 0.05) is 32.8 Å². The third kappa shape index (κ3) is 5.43. The van der Waals surface area contributed by atoms with E-state index in [1.807, 2.05) is 18.2 Å². The number of para-hydroxylation sites is 2. The van der Waals surface area contributed by atoms with Crippen molar-refractivity contribution < 1.29 is 0 Å². The molecule has 0 aliphatic rings. The van der Waals surface area contributed by atoms with Gasteiger partial charge in [-0.1, -0.05) is 146 Å². The molecule has 9 aromatic carbocycles. The molecule has 0 aliphatic heterocycles. The van der Waals surface area contributed by atoms with Gasteiger partial charge in [0.1, 0.15) is 0 Å². The van der Waals surface area contributed by atoms with Crippen LogP contribution < -0.4 is 0 Å². The van der Waals surface area contributed by atoms with Crippen molar-refractivity contribution in [1.29, 1.82) is 5.26 Å². The zero-order valence-electron chi connectivity index (χ0n) is 31.5. The number of hydrogen-bond donors (Lipinski definition) is 0. The van der Waals surface area contributed by atoms with Crippen molar-refractivity contribution >= 4 is 43.6 Å². The maximum absolute atomic E-state index is 9.69. The van der Waals surface area contributed by atoms with E-state index in [0.717, 1.165) is 39.1 Å². The van der Waals surface area contributed by atoms with E-state index in [1.54, 1.807) is 0 Å². The summed E-state index contributed by atoms with van der Waals surface area (Å²) in [7, 11) is 0. The molecular formula is C55H35N3. The Kier molecular flexibility index (Phi) is 7.88. The topological polar surface area (TPSA) is 33.6 Å². The van der Waals surface area contributed by atoms with Crippen LogP contribution in [0, 0.1) is 11.3 Å². The molecule has 0 unspecified atom stereocenters. The highest BCUT2D eigenvalue weighted by Crippen LogP contribution is 2.42. The molecule has 0 saturated heterocycles. The molecular weight excluding hydrogens is 703 g/mol. The molecule has 0 spiro atoms. The molecule has 11 rings (SSSR count). The summed E-state index contributed by atoms with van der Waals surface area (Å²) < 4.78 is 4.79. The summed E-state index contributed by atoms with van der Waals surface area (Å²) in [5, 5.41) is 14.5. The molecule has 0 amide bonds. The van der Waals surface area contributed by atoms with Gasteiger partial charge in [0.15, 0.2) is 0 Å². The molecule has 3 nitrogen and oxygen atoms in total. The lowest BCUT2D eigenvalue weighted by atomic mass is 9.97. The number of hydrogen-bond acceptors (Lipinski definition) is 1. The quantitative estimate of drug-likeness (QED) is 0.167. The van der Waals surface area contributed by atoms with Gasteiger partial charge in [0.2, 0.25) is 0 Å². The highest BCUT2D eigenvalue weighted by molar-refractivity contribution is 6.17. The molecule has 0 atom stereocenters. The Labute approximate surface area is 336 Å². The SMILES string of the molecule is N#Cc1cccc(-c2ccccc2-n2c3ccccc3c3cc(-c4ccc5c(c4)c4c(-c6ccccc6)cccc4n5-c4cccc(-c5ccccc5)c4)ccc32)c1. The Hall–Kier alpha value is -7.93. The number of nitrogens with zero attached hydrogens (tertiary/aromatic N) is 3. The van der Waals surface area contributed by atoms with Crippen LogP contribution in [-0.4, -0.2) is 9.13 Å². The van der Waals surface area contributed by atoms with Gasteiger partial charge < -0.3 is 9.13 Å². The van der Waals surface area contributed by atoms with Crippen LogP contribution in [-0.2, 0) is 0 Å². The second-order valence-corrected chi connectivity index (χ2v) is 14.8. The Morgan fingerprint density at radius 3 is 1.71 bits per heavy atom. The van der Waals surface area contributed by atoms with E-state index in [2.05, 4.69) is 209 Å². The van der Waals surface area contributed by atoms with E-state index >= 15 is 0 Å². The van der Waals surface area contributed by atoms with Gasteiger partial charge in [0.25, 0.3) is 0 Å². The van der Waals surface area contributed by atoms with Gasteiger partial charge in [-0.3, -0.25) is 0 Å². The standard InChI is InChI=1S/C55H35N3/c56-36-37-14-11-20-43(32-37)45-22-7-9-25-50(45)58-51-26-10-8-23-47(51)48-34-41(28-30-52(48)58)42-29-31-53-49(35-42)55-46(39-17-5-2-6-18-39)24-13-27-54(55)57(53)44-21-12-19-40(33-44)38-15-3-1-4-16-38/h1-35H. The minimum atomic E-state index is 0.649. The largest absolute Gasteiger partial charge is 0.309 e. The number of rotatable bonds is 6. The summed E-state index contributed by atoms with van der Waals surface area (Å²) in [5.74, 6) is 0. The van der Waals surface area contributed by atoms with E-state index < -0.39 is 0 Å². The Balaban J connectivity index is 1.12. The number of fused-ring (bicyclic) bond motifs is 6. The first-order chi connectivity index (χ1) is 28.7. The van der Waals surface area contributed by atoms with Crippen LogP contribution in [0.15, 0.2) is 212 Å². The van der Waals surface area contributed by atoms with Crippen LogP contribution in [0.4, 0.5) is 0 Å². The van der Waals surface area contributed by atoms with Crippen LogP contribution in [0.25, 0.3) is 99.5 Å². The first kappa shape index (κ1) is 33.4. The van der Waals surface area contributed by atoms with Crippen LogP contribution in [0.5, 0.6) is 0 Å². The van der Waals surface area contributed by atoms with Crippen LogP contribution in [0.1, 0.15) is 5.56 Å². The monoisotopic (exact) mass is 737 g/mol. The van der Waals surface area contributed by atoms with Crippen LogP contribution in [0.3, 0.4) is 0 Å². The average Bonchev–Trinajstić information content (AvgIpc) is 3.82. The van der Waals surface area contributed by atoms with Crippen molar-refractivity contribution in [3.05, 3.63) is 218 Å². The van der Waals surface area contributed by atoms with E-state index in [0.29, 0.717) is 5.56 Å². The lowest BCUT2D eigenvalue weighted by Gasteiger charge is -2.14. The van der Waals surface area contributed by atoms with Gasteiger partial charge in [-0.25, -0.2) is 0 Å². The Morgan fingerprint density at radius 2 is 0.897 bits per heavy atom. The fraction of sp³-hybridized carbons (Fsp3) is 0. The van der Waals surface area contributed by atoms with Crippen molar-refractivity contribution in [2.24, 2.45) is 0 Å². The number of aromatic nitrogens is 2. The smallest absolute Gasteiger partial charge is 0.0991 e. The zero-order valence-corrected chi connectivity index (χ0v) is 31.5. The van der Waals surface area contributed by atoms with Crippen molar-refractivity contribution in [3.8, 4) is 62.0 Å². The predicted octanol–water partition coefficient (Wildman–Crippen LogP) is 14.4. The molecule has 3 heteroatoms. The normalized spacial score (nSPS) is 11.4. The fourth-order valence-corrected chi connectivity index (χ4v) is 8.92. The molecule has 2 aromatic heterocycles.